The van der Waals surface area contributed by atoms with Gasteiger partial charge in [0.2, 0.25) is 5.91 Å². The SMILES string of the molecule is CC1NC(c2ccccc2)N(C2CCS(=O)CC2)C1=O. The monoisotopic (exact) mass is 292 g/mol. The van der Waals surface area contributed by atoms with E-state index in [0.29, 0.717) is 11.5 Å². The summed E-state index contributed by atoms with van der Waals surface area (Å²) in [6, 6.07) is 10.2. The molecule has 0 aromatic heterocycles. The van der Waals surface area contributed by atoms with E-state index in [9.17, 15) is 9.00 Å². The molecule has 1 amide bonds. The molecule has 5 heteroatoms. The van der Waals surface area contributed by atoms with Crippen molar-refractivity contribution >= 4 is 16.7 Å². The predicted molar refractivity (Wildman–Crippen MR) is 79.5 cm³/mol. The number of nitrogens with one attached hydrogen (secondary N) is 1. The second-order valence-electron chi connectivity index (χ2n) is 5.53. The van der Waals surface area contributed by atoms with Gasteiger partial charge in [-0.2, -0.15) is 0 Å². The Hall–Kier alpha value is -1.20. The van der Waals surface area contributed by atoms with Crippen molar-refractivity contribution in [1.82, 2.24) is 10.2 Å². The lowest BCUT2D eigenvalue weighted by molar-refractivity contribution is -0.132. The van der Waals surface area contributed by atoms with Gasteiger partial charge in [-0.3, -0.25) is 14.3 Å². The lowest BCUT2D eigenvalue weighted by atomic mass is 10.1. The minimum Gasteiger partial charge on any atom is -0.319 e. The van der Waals surface area contributed by atoms with E-state index < -0.39 is 10.8 Å². The van der Waals surface area contributed by atoms with Crippen LogP contribution in [0.4, 0.5) is 0 Å². The lowest BCUT2D eigenvalue weighted by Gasteiger charge is -2.35. The van der Waals surface area contributed by atoms with Crippen molar-refractivity contribution in [2.75, 3.05) is 11.5 Å². The summed E-state index contributed by atoms with van der Waals surface area (Å²) in [4.78, 5) is 14.4. The molecular weight excluding hydrogens is 272 g/mol. The Morgan fingerprint density at radius 2 is 1.85 bits per heavy atom. The maximum atomic E-state index is 12.5. The zero-order valence-corrected chi connectivity index (χ0v) is 12.4. The molecule has 20 heavy (non-hydrogen) atoms. The van der Waals surface area contributed by atoms with Gasteiger partial charge in [-0.15, -0.1) is 0 Å². The third kappa shape index (κ3) is 2.52. The quantitative estimate of drug-likeness (QED) is 0.897. The molecule has 2 saturated heterocycles. The van der Waals surface area contributed by atoms with Gasteiger partial charge in [0, 0.05) is 28.3 Å². The summed E-state index contributed by atoms with van der Waals surface area (Å²) in [7, 11) is -0.695. The number of hydrogen-bond donors (Lipinski definition) is 1. The van der Waals surface area contributed by atoms with E-state index >= 15 is 0 Å². The van der Waals surface area contributed by atoms with E-state index in [1.165, 1.54) is 0 Å². The van der Waals surface area contributed by atoms with Crippen molar-refractivity contribution < 1.29 is 9.00 Å². The molecule has 2 aliphatic heterocycles. The number of carbonyl (C=O) groups excluding carboxylic acids is 1. The van der Waals surface area contributed by atoms with Gasteiger partial charge < -0.3 is 4.90 Å². The van der Waals surface area contributed by atoms with Gasteiger partial charge in [0.25, 0.3) is 0 Å². The Morgan fingerprint density at radius 1 is 1.20 bits per heavy atom. The molecular formula is C15H20N2O2S. The van der Waals surface area contributed by atoms with Gasteiger partial charge in [-0.05, 0) is 25.3 Å². The molecule has 2 heterocycles. The summed E-state index contributed by atoms with van der Waals surface area (Å²) in [5.41, 5.74) is 1.12. The van der Waals surface area contributed by atoms with Crippen LogP contribution in [0.25, 0.3) is 0 Å². The van der Waals surface area contributed by atoms with Gasteiger partial charge in [0.05, 0.1) is 6.04 Å². The van der Waals surface area contributed by atoms with E-state index in [0.717, 1.165) is 18.4 Å². The van der Waals surface area contributed by atoms with Crippen LogP contribution in [-0.4, -0.2) is 38.6 Å². The number of hydrogen-bond acceptors (Lipinski definition) is 3. The first kappa shape index (κ1) is 13.8. The molecule has 3 rings (SSSR count). The van der Waals surface area contributed by atoms with Crippen molar-refractivity contribution in [3.8, 4) is 0 Å². The summed E-state index contributed by atoms with van der Waals surface area (Å²) in [6.07, 6.45) is 1.64. The second-order valence-corrected chi connectivity index (χ2v) is 7.22. The normalized spacial score (nSPS) is 34.5. The third-order valence-corrected chi connectivity index (χ3v) is 5.56. The maximum Gasteiger partial charge on any atom is 0.241 e. The lowest BCUT2D eigenvalue weighted by Crippen LogP contribution is -2.43. The van der Waals surface area contributed by atoms with Crippen LogP contribution < -0.4 is 5.32 Å². The van der Waals surface area contributed by atoms with Crippen LogP contribution in [-0.2, 0) is 15.6 Å². The van der Waals surface area contributed by atoms with E-state index in [2.05, 4.69) is 17.4 Å². The van der Waals surface area contributed by atoms with E-state index in [1.807, 2.05) is 30.0 Å². The van der Waals surface area contributed by atoms with Gasteiger partial charge in [-0.1, -0.05) is 30.3 Å². The number of carbonyl (C=O) groups is 1. The fraction of sp³-hybridized carbons (Fsp3) is 0.533. The molecule has 2 atom stereocenters. The van der Waals surface area contributed by atoms with Crippen LogP contribution in [0, 0.1) is 0 Å². The maximum absolute atomic E-state index is 12.5. The standard InChI is InChI=1S/C15H20N2O2S/c1-11-15(18)17(13-7-9-20(19)10-8-13)14(16-11)12-5-3-2-4-6-12/h2-6,11,13-14,16H,7-10H2,1H3. The first-order chi connectivity index (χ1) is 9.66. The third-order valence-electron chi connectivity index (χ3n) is 4.18. The molecule has 0 spiro atoms. The van der Waals surface area contributed by atoms with Crippen LogP contribution in [0.1, 0.15) is 31.5 Å². The fourth-order valence-electron chi connectivity index (χ4n) is 3.08. The summed E-state index contributed by atoms with van der Waals surface area (Å²) in [6.45, 7) is 1.92. The van der Waals surface area contributed by atoms with Gasteiger partial charge in [-0.25, -0.2) is 0 Å². The average molecular weight is 292 g/mol. The van der Waals surface area contributed by atoms with Crippen LogP contribution in [0.3, 0.4) is 0 Å². The number of nitrogens with zero attached hydrogens (tertiary/aromatic N) is 1. The fourth-order valence-corrected chi connectivity index (χ4v) is 4.36. The molecule has 0 bridgehead atoms. The van der Waals surface area contributed by atoms with Gasteiger partial charge in [0.15, 0.2) is 0 Å². The van der Waals surface area contributed by atoms with E-state index in [4.69, 9.17) is 0 Å². The van der Waals surface area contributed by atoms with Crippen molar-refractivity contribution in [2.45, 2.75) is 38.0 Å². The number of amides is 1. The Labute approximate surface area is 122 Å². The first-order valence-corrected chi connectivity index (χ1v) is 8.64. The smallest absolute Gasteiger partial charge is 0.241 e. The van der Waals surface area contributed by atoms with Gasteiger partial charge in [0.1, 0.15) is 6.17 Å². The molecule has 1 aromatic rings. The average Bonchev–Trinajstić information content (AvgIpc) is 2.77. The second kappa shape index (κ2) is 5.66. The largest absolute Gasteiger partial charge is 0.319 e. The number of benzene rings is 1. The summed E-state index contributed by atoms with van der Waals surface area (Å²) in [5.74, 6) is 1.59. The highest BCUT2D eigenvalue weighted by molar-refractivity contribution is 7.85. The molecule has 0 radical (unpaired) electrons. The summed E-state index contributed by atoms with van der Waals surface area (Å²) in [5, 5.41) is 3.38. The molecule has 4 nitrogen and oxygen atoms in total. The Bertz CT molecular complexity index is 510. The first-order valence-electron chi connectivity index (χ1n) is 7.15. The molecule has 0 saturated carbocycles. The van der Waals surface area contributed by atoms with Crippen LogP contribution >= 0.6 is 0 Å². The summed E-state index contributed by atoms with van der Waals surface area (Å²) >= 11 is 0. The van der Waals surface area contributed by atoms with Crippen molar-refractivity contribution in [1.29, 1.82) is 0 Å². The molecule has 0 aliphatic carbocycles. The molecule has 1 N–H and O–H groups in total. The van der Waals surface area contributed by atoms with Crippen molar-refractivity contribution in [3.05, 3.63) is 35.9 Å². The Kier molecular flexibility index (Phi) is 3.89. The molecule has 2 aliphatic rings. The van der Waals surface area contributed by atoms with Crippen LogP contribution in [0.5, 0.6) is 0 Å². The highest BCUT2D eigenvalue weighted by atomic mass is 32.2. The van der Waals surface area contributed by atoms with Crippen molar-refractivity contribution in [2.24, 2.45) is 0 Å². The van der Waals surface area contributed by atoms with Crippen LogP contribution in [0.2, 0.25) is 0 Å². The predicted octanol–water partition coefficient (Wildman–Crippen LogP) is 1.42. The highest BCUT2D eigenvalue weighted by Gasteiger charge is 2.41. The number of rotatable bonds is 2. The Morgan fingerprint density at radius 3 is 2.50 bits per heavy atom. The zero-order valence-electron chi connectivity index (χ0n) is 11.6. The molecule has 1 aromatic carbocycles. The van der Waals surface area contributed by atoms with Crippen LogP contribution in [0.15, 0.2) is 30.3 Å². The minimum atomic E-state index is -0.695. The summed E-state index contributed by atoms with van der Waals surface area (Å²) < 4.78 is 11.5. The van der Waals surface area contributed by atoms with Crippen molar-refractivity contribution in [3.63, 3.8) is 0 Å². The van der Waals surface area contributed by atoms with Gasteiger partial charge >= 0.3 is 0 Å². The Balaban J connectivity index is 1.85. The van der Waals surface area contributed by atoms with E-state index in [-0.39, 0.29) is 24.2 Å². The molecule has 2 fully saturated rings. The highest BCUT2D eigenvalue weighted by Crippen LogP contribution is 2.31. The minimum absolute atomic E-state index is 0.0461. The molecule has 108 valence electrons. The zero-order chi connectivity index (χ0) is 14.1. The molecule has 2 unspecified atom stereocenters. The topological polar surface area (TPSA) is 49.4 Å². The van der Waals surface area contributed by atoms with E-state index in [1.54, 1.807) is 0 Å².